The van der Waals surface area contributed by atoms with Crippen molar-refractivity contribution in [2.24, 2.45) is 0 Å². The first kappa shape index (κ1) is 37.0. The third kappa shape index (κ3) is 7.00. The first-order valence-electron chi connectivity index (χ1n) is 21.4. The van der Waals surface area contributed by atoms with Crippen molar-refractivity contribution in [3.8, 4) is 66.8 Å². The lowest BCUT2D eigenvalue weighted by molar-refractivity contribution is 0.670. The minimum atomic E-state index is 0.0348. The summed E-state index contributed by atoms with van der Waals surface area (Å²) >= 11 is 0. The first-order chi connectivity index (χ1) is 30.7. The van der Waals surface area contributed by atoms with Gasteiger partial charge in [-0.1, -0.05) is 243 Å². The molecule has 292 valence electrons. The van der Waals surface area contributed by atoms with Crippen LogP contribution in [0.5, 0.6) is 0 Å². The highest BCUT2D eigenvalue weighted by Gasteiger charge is 2.19. The number of para-hydroxylation sites is 2. The summed E-state index contributed by atoms with van der Waals surface area (Å²) < 4.78 is 6.37. The molecule has 1 heteroatoms. The van der Waals surface area contributed by atoms with E-state index in [1.807, 2.05) is 12.1 Å². The van der Waals surface area contributed by atoms with E-state index in [4.69, 9.17) is 4.42 Å². The SMILES string of the molecule is c1ccc(-c2ccccc2-c2ccc(C(c3ccc(-c4ccc(-c5cccc6c5oc5ccccc56)cc4)cc3)c3ccc(-c4ccccc4-c4ccccc4)cc3)cc2)cc1. The van der Waals surface area contributed by atoms with Gasteiger partial charge in [0.1, 0.15) is 11.2 Å². The van der Waals surface area contributed by atoms with Crippen molar-refractivity contribution in [2.75, 3.05) is 0 Å². The van der Waals surface area contributed by atoms with Crippen LogP contribution < -0.4 is 0 Å². The zero-order valence-corrected chi connectivity index (χ0v) is 34.2. The molecule has 0 fully saturated rings. The van der Waals surface area contributed by atoms with E-state index in [0.29, 0.717) is 0 Å². The standard InChI is InChI=1S/C61H42O/c1-3-14-44(15-4-1)52-18-7-9-20-54(52)46-32-38-50(39-33-46)60(51-40-34-47(35-41-51)55-21-10-8-19-53(55)45-16-5-2-6-17-45)49-36-28-43(29-37-49)42-26-30-48(31-27-42)56-23-13-24-58-57-22-11-12-25-59(57)62-61(56)58/h1-41,60H. The predicted molar refractivity (Wildman–Crippen MR) is 260 cm³/mol. The summed E-state index contributed by atoms with van der Waals surface area (Å²) in [6.45, 7) is 0. The van der Waals surface area contributed by atoms with Crippen LogP contribution in [0.1, 0.15) is 22.6 Å². The minimum Gasteiger partial charge on any atom is -0.455 e. The molecule has 0 amide bonds. The number of hydrogen-bond donors (Lipinski definition) is 0. The summed E-state index contributed by atoms with van der Waals surface area (Å²) in [7, 11) is 0. The Morgan fingerprint density at radius 3 is 1.03 bits per heavy atom. The van der Waals surface area contributed by atoms with Crippen molar-refractivity contribution in [3.63, 3.8) is 0 Å². The molecule has 0 aliphatic carbocycles. The van der Waals surface area contributed by atoms with Gasteiger partial charge in [-0.05, 0) is 84.0 Å². The highest BCUT2D eigenvalue weighted by Crippen LogP contribution is 2.40. The number of furan rings is 1. The van der Waals surface area contributed by atoms with Crippen molar-refractivity contribution in [3.05, 3.63) is 265 Å². The molecule has 11 aromatic rings. The van der Waals surface area contributed by atoms with Gasteiger partial charge in [0.15, 0.2) is 0 Å². The van der Waals surface area contributed by atoms with Crippen LogP contribution in [0.25, 0.3) is 88.7 Å². The Morgan fingerprint density at radius 2 is 0.548 bits per heavy atom. The van der Waals surface area contributed by atoms with E-state index >= 15 is 0 Å². The van der Waals surface area contributed by atoms with Crippen LogP contribution in [-0.4, -0.2) is 0 Å². The monoisotopic (exact) mass is 790 g/mol. The molecule has 0 bridgehead atoms. The summed E-state index contributed by atoms with van der Waals surface area (Å²) in [6, 6.07) is 89.8. The highest BCUT2D eigenvalue weighted by molar-refractivity contribution is 6.09. The van der Waals surface area contributed by atoms with E-state index < -0.39 is 0 Å². The molecule has 0 unspecified atom stereocenters. The molecule has 0 radical (unpaired) electrons. The van der Waals surface area contributed by atoms with E-state index in [-0.39, 0.29) is 5.92 Å². The summed E-state index contributed by atoms with van der Waals surface area (Å²) in [4.78, 5) is 0. The Bertz CT molecular complexity index is 3160. The van der Waals surface area contributed by atoms with Gasteiger partial charge in [-0.2, -0.15) is 0 Å². The van der Waals surface area contributed by atoms with Crippen molar-refractivity contribution in [2.45, 2.75) is 5.92 Å². The molecule has 1 aromatic heterocycles. The molecule has 62 heavy (non-hydrogen) atoms. The average molecular weight is 791 g/mol. The van der Waals surface area contributed by atoms with E-state index in [1.165, 1.54) is 72.3 Å². The quantitative estimate of drug-likeness (QED) is 0.133. The molecule has 0 aliphatic heterocycles. The van der Waals surface area contributed by atoms with Crippen LogP contribution in [0.15, 0.2) is 253 Å². The van der Waals surface area contributed by atoms with E-state index in [0.717, 1.165) is 33.1 Å². The van der Waals surface area contributed by atoms with E-state index in [2.05, 4.69) is 237 Å². The first-order valence-corrected chi connectivity index (χ1v) is 21.4. The normalized spacial score (nSPS) is 11.4. The van der Waals surface area contributed by atoms with Crippen molar-refractivity contribution in [1.82, 2.24) is 0 Å². The minimum absolute atomic E-state index is 0.0348. The molecule has 0 saturated heterocycles. The van der Waals surface area contributed by atoms with Gasteiger partial charge in [0, 0.05) is 22.3 Å². The largest absolute Gasteiger partial charge is 0.455 e. The number of hydrogen-bond acceptors (Lipinski definition) is 1. The maximum absolute atomic E-state index is 6.37. The molecule has 0 N–H and O–H groups in total. The predicted octanol–water partition coefficient (Wildman–Crippen LogP) is 16.8. The summed E-state index contributed by atoms with van der Waals surface area (Å²) in [5, 5.41) is 2.29. The fourth-order valence-corrected chi connectivity index (χ4v) is 9.18. The van der Waals surface area contributed by atoms with Gasteiger partial charge in [0.05, 0.1) is 0 Å². The molecule has 10 aromatic carbocycles. The smallest absolute Gasteiger partial charge is 0.143 e. The summed E-state index contributed by atoms with van der Waals surface area (Å²) in [5.41, 5.74) is 20.0. The van der Waals surface area contributed by atoms with Crippen molar-refractivity contribution < 1.29 is 4.42 Å². The second-order valence-corrected chi connectivity index (χ2v) is 16.0. The average Bonchev–Trinajstić information content (AvgIpc) is 3.75. The molecule has 0 atom stereocenters. The Balaban J connectivity index is 0.940. The van der Waals surface area contributed by atoms with E-state index in [1.54, 1.807) is 0 Å². The fourth-order valence-electron chi connectivity index (χ4n) is 9.18. The zero-order chi connectivity index (χ0) is 41.2. The molecule has 0 saturated carbocycles. The lowest BCUT2D eigenvalue weighted by atomic mass is 9.83. The molecule has 11 rings (SSSR count). The Labute approximate surface area is 362 Å². The van der Waals surface area contributed by atoms with Gasteiger partial charge in [0.2, 0.25) is 0 Å². The molecule has 0 spiro atoms. The van der Waals surface area contributed by atoms with Crippen molar-refractivity contribution in [1.29, 1.82) is 0 Å². The molecule has 1 heterocycles. The van der Waals surface area contributed by atoms with E-state index in [9.17, 15) is 0 Å². The lowest BCUT2D eigenvalue weighted by Crippen LogP contribution is -2.04. The maximum atomic E-state index is 6.37. The van der Waals surface area contributed by atoms with Crippen LogP contribution in [0.4, 0.5) is 0 Å². The number of fused-ring (bicyclic) bond motifs is 3. The summed E-state index contributed by atoms with van der Waals surface area (Å²) in [6.07, 6.45) is 0. The van der Waals surface area contributed by atoms with Gasteiger partial charge in [-0.15, -0.1) is 0 Å². The van der Waals surface area contributed by atoms with Crippen LogP contribution in [0.3, 0.4) is 0 Å². The second kappa shape index (κ2) is 16.2. The molecular weight excluding hydrogens is 749 g/mol. The highest BCUT2D eigenvalue weighted by atomic mass is 16.3. The molecule has 0 aliphatic rings. The number of benzene rings is 10. The van der Waals surface area contributed by atoms with Gasteiger partial charge < -0.3 is 4.42 Å². The Kier molecular flexibility index (Phi) is 9.69. The van der Waals surface area contributed by atoms with Crippen LogP contribution >= 0.6 is 0 Å². The zero-order valence-electron chi connectivity index (χ0n) is 34.2. The third-order valence-corrected chi connectivity index (χ3v) is 12.3. The van der Waals surface area contributed by atoms with Gasteiger partial charge >= 0.3 is 0 Å². The van der Waals surface area contributed by atoms with Gasteiger partial charge in [-0.25, -0.2) is 0 Å². The fraction of sp³-hybridized carbons (Fsp3) is 0.0164. The van der Waals surface area contributed by atoms with Crippen LogP contribution in [0.2, 0.25) is 0 Å². The van der Waals surface area contributed by atoms with Crippen LogP contribution in [0, 0.1) is 0 Å². The Hall–Kier alpha value is -8.00. The lowest BCUT2D eigenvalue weighted by Gasteiger charge is -2.21. The van der Waals surface area contributed by atoms with Gasteiger partial charge in [0.25, 0.3) is 0 Å². The number of rotatable bonds is 9. The second-order valence-electron chi connectivity index (χ2n) is 16.0. The van der Waals surface area contributed by atoms with Gasteiger partial charge in [-0.3, -0.25) is 0 Å². The molecule has 1 nitrogen and oxygen atoms in total. The van der Waals surface area contributed by atoms with Crippen molar-refractivity contribution >= 4 is 21.9 Å². The Morgan fingerprint density at radius 1 is 0.226 bits per heavy atom. The topological polar surface area (TPSA) is 13.1 Å². The van der Waals surface area contributed by atoms with Crippen LogP contribution in [-0.2, 0) is 0 Å². The summed E-state index contributed by atoms with van der Waals surface area (Å²) in [5.74, 6) is 0.0348. The third-order valence-electron chi connectivity index (χ3n) is 12.3. The maximum Gasteiger partial charge on any atom is 0.143 e. The molecular formula is C61H42O.